The predicted octanol–water partition coefficient (Wildman–Crippen LogP) is 3.59. The standard InChI is InChI=1S/C17H21N3OS/c1-12-19-15(11-22-12)13-5-7-14(8-6-13)20-16(21)17(2)9-3-4-10-18-17/h5-8,11,18H,3-4,9-10H2,1-2H3,(H,20,21). The van der Waals surface area contributed by atoms with Crippen molar-refractivity contribution in [3.8, 4) is 11.3 Å². The van der Waals surface area contributed by atoms with Gasteiger partial charge in [0, 0.05) is 16.6 Å². The van der Waals surface area contributed by atoms with Gasteiger partial charge in [-0.3, -0.25) is 4.79 Å². The van der Waals surface area contributed by atoms with Gasteiger partial charge in [-0.1, -0.05) is 12.1 Å². The highest BCUT2D eigenvalue weighted by atomic mass is 32.1. The molecule has 0 aliphatic carbocycles. The summed E-state index contributed by atoms with van der Waals surface area (Å²) < 4.78 is 0. The molecule has 0 bridgehead atoms. The summed E-state index contributed by atoms with van der Waals surface area (Å²) >= 11 is 1.64. The van der Waals surface area contributed by atoms with E-state index in [1.807, 2.05) is 38.1 Å². The van der Waals surface area contributed by atoms with Gasteiger partial charge in [0.2, 0.25) is 5.91 Å². The van der Waals surface area contributed by atoms with Gasteiger partial charge in [0.05, 0.1) is 16.2 Å². The second-order valence-electron chi connectivity index (χ2n) is 6.00. The molecule has 0 spiro atoms. The molecule has 116 valence electrons. The minimum absolute atomic E-state index is 0.0458. The number of aromatic nitrogens is 1. The largest absolute Gasteiger partial charge is 0.324 e. The van der Waals surface area contributed by atoms with Gasteiger partial charge in [0.15, 0.2) is 0 Å². The Kier molecular flexibility index (Phi) is 4.27. The fourth-order valence-corrected chi connectivity index (χ4v) is 3.36. The van der Waals surface area contributed by atoms with Crippen LogP contribution in [0.25, 0.3) is 11.3 Å². The van der Waals surface area contributed by atoms with Crippen LogP contribution in [0.3, 0.4) is 0 Å². The predicted molar refractivity (Wildman–Crippen MR) is 91.2 cm³/mol. The Morgan fingerprint density at radius 2 is 2.09 bits per heavy atom. The van der Waals surface area contributed by atoms with Gasteiger partial charge in [0.1, 0.15) is 0 Å². The summed E-state index contributed by atoms with van der Waals surface area (Å²) in [5.41, 5.74) is 2.43. The van der Waals surface area contributed by atoms with Gasteiger partial charge in [-0.05, 0) is 51.8 Å². The second kappa shape index (κ2) is 6.18. The Labute approximate surface area is 135 Å². The molecule has 2 heterocycles. The third-order valence-electron chi connectivity index (χ3n) is 4.18. The number of piperidine rings is 1. The van der Waals surface area contributed by atoms with Gasteiger partial charge < -0.3 is 10.6 Å². The summed E-state index contributed by atoms with van der Waals surface area (Å²) in [6, 6.07) is 7.88. The number of nitrogens with one attached hydrogen (secondary N) is 2. The molecule has 1 aliphatic heterocycles. The highest BCUT2D eigenvalue weighted by molar-refractivity contribution is 7.09. The zero-order valence-corrected chi connectivity index (χ0v) is 13.8. The van der Waals surface area contributed by atoms with E-state index in [-0.39, 0.29) is 5.91 Å². The monoisotopic (exact) mass is 315 g/mol. The molecule has 0 saturated carbocycles. The first-order valence-electron chi connectivity index (χ1n) is 7.66. The molecular weight excluding hydrogens is 294 g/mol. The van der Waals surface area contributed by atoms with Gasteiger partial charge in [-0.15, -0.1) is 11.3 Å². The number of aryl methyl sites for hydroxylation is 1. The maximum atomic E-state index is 12.5. The van der Waals surface area contributed by atoms with Gasteiger partial charge in [-0.2, -0.15) is 0 Å². The SMILES string of the molecule is Cc1nc(-c2ccc(NC(=O)C3(C)CCCCN3)cc2)cs1. The minimum atomic E-state index is -0.455. The molecule has 22 heavy (non-hydrogen) atoms. The first-order valence-corrected chi connectivity index (χ1v) is 8.54. The Hall–Kier alpha value is -1.72. The fourth-order valence-electron chi connectivity index (χ4n) is 2.74. The third-order valence-corrected chi connectivity index (χ3v) is 4.95. The van der Waals surface area contributed by atoms with Crippen molar-refractivity contribution < 1.29 is 4.79 Å². The molecule has 1 fully saturated rings. The molecule has 1 atom stereocenters. The number of carbonyl (C=O) groups excluding carboxylic acids is 1. The molecule has 1 unspecified atom stereocenters. The molecule has 3 rings (SSSR count). The van der Waals surface area contributed by atoms with Gasteiger partial charge in [-0.25, -0.2) is 4.98 Å². The van der Waals surface area contributed by atoms with Crippen LogP contribution in [0.1, 0.15) is 31.2 Å². The summed E-state index contributed by atoms with van der Waals surface area (Å²) in [5.74, 6) is 0.0458. The summed E-state index contributed by atoms with van der Waals surface area (Å²) in [5, 5.41) is 9.46. The average Bonchev–Trinajstić information content (AvgIpc) is 2.95. The lowest BCUT2D eigenvalue weighted by atomic mass is 9.90. The molecule has 1 saturated heterocycles. The number of carbonyl (C=O) groups is 1. The van der Waals surface area contributed by atoms with E-state index in [2.05, 4.69) is 21.0 Å². The summed E-state index contributed by atoms with van der Waals surface area (Å²) in [7, 11) is 0. The second-order valence-corrected chi connectivity index (χ2v) is 7.06. The first-order chi connectivity index (χ1) is 10.6. The Balaban J connectivity index is 1.69. The number of nitrogens with zero attached hydrogens (tertiary/aromatic N) is 1. The average molecular weight is 315 g/mol. The Morgan fingerprint density at radius 3 is 2.68 bits per heavy atom. The van der Waals surface area contributed by atoms with Crippen LogP contribution in [0, 0.1) is 6.92 Å². The van der Waals surface area contributed by atoms with Crippen molar-refractivity contribution >= 4 is 22.9 Å². The van der Waals surface area contributed by atoms with Crippen LogP contribution in [-0.2, 0) is 4.79 Å². The summed E-state index contributed by atoms with van der Waals surface area (Å²) in [6.45, 7) is 4.89. The Morgan fingerprint density at radius 1 is 1.32 bits per heavy atom. The van der Waals surface area contributed by atoms with Gasteiger partial charge in [0.25, 0.3) is 0 Å². The first kappa shape index (κ1) is 15.2. The van der Waals surface area contributed by atoms with E-state index in [0.29, 0.717) is 0 Å². The van der Waals surface area contributed by atoms with Crippen LogP contribution in [0.15, 0.2) is 29.6 Å². The van der Waals surface area contributed by atoms with E-state index < -0.39 is 5.54 Å². The van der Waals surface area contributed by atoms with Crippen LogP contribution in [0.2, 0.25) is 0 Å². The van der Waals surface area contributed by atoms with E-state index in [1.54, 1.807) is 11.3 Å². The molecule has 1 aliphatic rings. The summed E-state index contributed by atoms with van der Waals surface area (Å²) in [4.78, 5) is 16.9. The van der Waals surface area contributed by atoms with E-state index in [1.165, 1.54) is 0 Å². The summed E-state index contributed by atoms with van der Waals surface area (Å²) in [6.07, 6.45) is 3.12. The van der Waals surface area contributed by atoms with Crippen LogP contribution < -0.4 is 10.6 Å². The topological polar surface area (TPSA) is 54.0 Å². The maximum Gasteiger partial charge on any atom is 0.244 e. The number of thiazole rings is 1. The smallest absolute Gasteiger partial charge is 0.244 e. The lowest BCUT2D eigenvalue weighted by Crippen LogP contribution is -2.54. The maximum absolute atomic E-state index is 12.5. The number of amides is 1. The molecular formula is C17H21N3OS. The highest BCUT2D eigenvalue weighted by Gasteiger charge is 2.34. The molecule has 2 N–H and O–H groups in total. The molecule has 1 amide bonds. The lowest BCUT2D eigenvalue weighted by molar-refractivity contribution is -0.122. The lowest BCUT2D eigenvalue weighted by Gasteiger charge is -2.33. The van der Waals surface area contributed by atoms with E-state index in [0.717, 1.165) is 47.8 Å². The zero-order chi connectivity index (χ0) is 15.6. The van der Waals surface area contributed by atoms with E-state index in [4.69, 9.17) is 0 Å². The van der Waals surface area contributed by atoms with Crippen molar-refractivity contribution in [2.45, 2.75) is 38.6 Å². The number of benzene rings is 1. The Bertz CT molecular complexity index is 657. The number of anilines is 1. The molecule has 2 aromatic rings. The van der Waals surface area contributed by atoms with E-state index in [9.17, 15) is 4.79 Å². The van der Waals surface area contributed by atoms with Crippen molar-refractivity contribution in [1.82, 2.24) is 10.3 Å². The van der Waals surface area contributed by atoms with Crippen LogP contribution in [-0.4, -0.2) is 23.0 Å². The molecule has 5 heteroatoms. The zero-order valence-electron chi connectivity index (χ0n) is 13.0. The van der Waals surface area contributed by atoms with Crippen molar-refractivity contribution in [3.63, 3.8) is 0 Å². The van der Waals surface area contributed by atoms with Crippen LogP contribution >= 0.6 is 11.3 Å². The van der Waals surface area contributed by atoms with Crippen molar-refractivity contribution in [2.75, 3.05) is 11.9 Å². The molecule has 4 nitrogen and oxygen atoms in total. The number of rotatable bonds is 3. The number of hydrogen-bond donors (Lipinski definition) is 2. The van der Waals surface area contributed by atoms with Crippen molar-refractivity contribution in [3.05, 3.63) is 34.7 Å². The van der Waals surface area contributed by atoms with E-state index >= 15 is 0 Å². The van der Waals surface area contributed by atoms with Gasteiger partial charge >= 0.3 is 0 Å². The highest BCUT2D eigenvalue weighted by Crippen LogP contribution is 2.24. The van der Waals surface area contributed by atoms with Crippen LogP contribution in [0.5, 0.6) is 0 Å². The van der Waals surface area contributed by atoms with Crippen molar-refractivity contribution in [1.29, 1.82) is 0 Å². The van der Waals surface area contributed by atoms with Crippen LogP contribution in [0.4, 0.5) is 5.69 Å². The third kappa shape index (κ3) is 3.20. The fraction of sp³-hybridized carbons (Fsp3) is 0.412. The number of hydrogen-bond acceptors (Lipinski definition) is 4. The molecule has 1 aromatic heterocycles. The molecule has 1 aromatic carbocycles. The molecule has 0 radical (unpaired) electrons. The van der Waals surface area contributed by atoms with Crippen molar-refractivity contribution in [2.24, 2.45) is 0 Å². The minimum Gasteiger partial charge on any atom is -0.324 e. The quantitative estimate of drug-likeness (QED) is 0.910. The normalized spacial score (nSPS) is 21.5.